The molecule has 1 aromatic heterocycles. The van der Waals surface area contributed by atoms with Crippen molar-refractivity contribution in [3.05, 3.63) is 90.8 Å². The summed E-state index contributed by atoms with van der Waals surface area (Å²) in [6.07, 6.45) is -0.673. The first-order valence-electron chi connectivity index (χ1n) is 9.27. The molecule has 28 heavy (non-hydrogen) atoms. The van der Waals surface area contributed by atoms with E-state index in [1.807, 2.05) is 89.5 Å². The van der Waals surface area contributed by atoms with E-state index in [2.05, 4.69) is 4.98 Å². The van der Waals surface area contributed by atoms with E-state index >= 15 is 0 Å². The minimum absolute atomic E-state index is 0.204. The van der Waals surface area contributed by atoms with E-state index in [0.29, 0.717) is 13.2 Å². The van der Waals surface area contributed by atoms with Gasteiger partial charge in [0.25, 0.3) is 0 Å². The third kappa shape index (κ3) is 4.32. The summed E-state index contributed by atoms with van der Waals surface area (Å²) in [7, 11) is 0. The molecule has 5 heteroatoms. The SMILES string of the molecule is OC(COc1ccccc1)Cn1c(COc2ccccc2)nc2ccccc21. The molecule has 0 aliphatic rings. The van der Waals surface area contributed by atoms with E-state index < -0.39 is 6.10 Å². The minimum Gasteiger partial charge on any atom is -0.491 e. The van der Waals surface area contributed by atoms with Crippen LogP contribution in [0.4, 0.5) is 0 Å². The number of aliphatic hydroxyl groups is 1. The van der Waals surface area contributed by atoms with Crippen LogP contribution in [-0.2, 0) is 13.2 Å². The Hall–Kier alpha value is -3.31. The van der Waals surface area contributed by atoms with Crippen LogP contribution in [-0.4, -0.2) is 27.4 Å². The summed E-state index contributed by atoms with van der Waals surface area (Å²) >= 11 is 0. The first kappa shape index (κ1) is 18.1. The van der Waals surface area contributed by atoms with Gasteiger partial charge in [0, 0.05) is 0 Å². The molecule has 0 fully saturated rings. The summed E-state index contributed by atoms with van der Waals surface area (Å²) in [4.78, 5) is 4.69. The van der Waals surface area contributed by atoms with Gasteiger partial charge in [-0.2, -0.15) is 0 Å². The minimum atomic E-state index is -0.673. The molecule has 3 aromatic carbocycles. The second-order valence-electron chi connectivity index (χ2n) is 6.51. The fourth-order valence-electron chi connectivity index (χ4n) is 3.08. The molecule has 1 heterocycles. The van der Waals surface area contributed by atoms with Gasteiger partial charge in [-0.15, -0.1) is 0 Å². The highest BCUT2D eigenvalue weighted by Gasteiger charge is 2.15. The van der Waals surface area contributed by atoms with E-state index in [-0.39, 0.29) is 6.61 Å². The first-order valence-corrected chi connectivity index (χ1v) is 9.27. The number of imidazole rings is 1. The molecule has 1 N–H and O–H groups in total. The van der Waals surface area contributed by atoms with Crippen molar-refractivity contribution in [1.29, 1.82) is 0 Å². The van der Waals surface area contributed by atoms with Crippen molar-refractivity contribution < 1.29 is 14.6 Å². The van der Waals surface area contributed by atoms with E-state index in [9.17, 15) is 5.11 Å². The quantitative estimate of drug-likeness (QED) is 0.505. The van der Waals surface area contributed by atoms with Gasteiger partial charge >= 0.3 is 0 Å². The molecule has 0 radical (unpaired) electrons. The lowest BCUT2D eigenvalue weighted by molar-refractivity contribution is 0.0917. The lowest BCUT2D eigenvalue weighted by Gasteiger charge is -2.16. The van der Waals surface area contributed by atoms with Crippen molar-refractivity contribution in [1.82, 2.24) is 9.55 Å². The second kappa shape index (κ2) is 8.59. The molecule has 0 spiro atoms. The van der Waals surface area contributed by atoms with Gasteiger partial charge in [0.1, 0.15) is 36.6 Å². The highest BCUT2D eigenvalue weighted by Crippen LogP contribution is 2.19. The van der Waals surface area contributed by atoms with Crippen molar-refractivity contribution in [3.63, 3.8) is 0 Å². The van der Waals surface area contributed by atoms with Crippen LogP contribution in [0.5, 0.6) is 11.5 Å². The molecule has 1 atom stereocenters. The standard InChI is InChI=1S/C23H22N2O3/c26-18(16-27-19-9-3-1-4-10-19)15-25-22-14-8-7-13-21(22)24-23(25)17-28-20-11-5-2-6-12-20/h1-14,18,26H,15-17H2. The van der Waals surface area contributed by atoms with E-state index in [1.54, 1.807) is 0 Å². The molecule has 0 aliphatic heterocycles. The predicted molar refractivity (Wildman–Crippen MR) is 108 cm³/mol. The van der Waals surface area contributed by atoms with Crippen LogP contribution >= 0.6 is 0 Å². The molecule has 142 valence electrons. The fraction of sp³-hybridized carbons (Fsp3) is 0.174. The molecule has 0 bridgehead atoms. The molecular formula is C23H22N2O3. The Bertz CT molecular complexity index is 1020. The normalized spacial score (nSPS) is 12.0. The topological polar surface area (TPSA) is 56.5 Å². The third-order valence-corrected chi connectivity index (χ3v) is 4.42. The Morgan fingerprint density at radius 2 is 1.39 bits per heavy atom. The average Bonchev–Trinajstić information content (AvgIpc) is 3.10. The Labute approximate surface area is 163 Å². The number of hydrogen-bond donors (Lipinski definition) is 1. The van der Waals surface area contributed by atoms with Gasteiger partial charge in [-0.05, 0) is 36.4 Å². The monoisotopic (exact) mass is 374 g/mol. The first-order chi connectivity index (χ1) is 13.8. The van der Waals surface area contributed by atoms with E-state index in [1.165, 1.54) is 0 Å². The van der Waals surface area contributed by atoms with Crippen molar-refractivity contribution in [2.45, 2.75) is 19.3 Å². The predicted octanol–water partition coefficient (Wildman–Crippen LogP) is 4.06. The zero-order valence-corrected chi connectivity index (χ0v) is 15.4. The van der Waals surface area contributed by atoms with Crippen LogP contribution in [0.15, 0.2) is 84.9 Å². The number of aromatic nitrogens is 2. The summed E-state index contributed by atoms with van der Waals surface area (Å²) < 4.78 is 13.6. The van der Waals surface area contributed by atoms with Crippen LogP contribution in [0.2, 0.25) is 0 Å². The van der Waals surface area contributed by atoms with Gasteiger partial charge in [0.05, 0.1) is 17.6 Å². The number of para-hydroxylation sites is 4. The largest absolute Gasteiger partial charge is 0.491 e. The molecule has 4 rings (SSSR count). The van der Waals surface area contributed by atoms with Crippen LogP contribution in [0, 0.1) is 0 Å². The number of aliphatic hydroxyl groups excluding tert-OH is 1. The molecule has 0 aliphatic carbocycles. The summed E-state index contributed by atoms with van der Waals surface area (Å²) in [6.45, 7) is 0.904. The summed E-state index contributed by atoms with van der Waals surface area (Å²) in [5, 5.41) is 10.5. The number of ether oxygens (including phenoxy) is 2. The lowest BCUT2D eigenvalue weighted by Crippen LogP contribution is -2.25. The van der Waals surface area contributed by atoms with E-state index in [4.69, 9.17) is 9.47 Å². The Morgan fingerprint density at radius 3 is 2.11 bits per heavy atom. The van der Waals surface area contributed by atoms with Crippen LogP contribution < -0.4 is 9.47 Å². The summed E-state index contributed by atoms with van der Waals surface area (Å²) in [6, 6.07) is 27.0. The fourth-order valence-corrected chi connectivity index (χ4v) is 3.08. The Kier molecular flexibility index (Phi) is 5.54. The second-order valence-corrected chi connectivity index (χ2v) is 6.51. The van der Waals surface area contributed by atoms with Gasteiger partial charge in [0.2, 0.25) is 0 Å². The van der Waals surface area contributed by atoms with Gasteiger partial charge in [-0.3, -0.25) is 0 Å². The zero-order valence-electron chi connectivity index (χ0n) is 15.4. The maximum Gasteiger partial charge on any atom is 0.148 e. The maximum atomic E-state index is 10.5. The van der Waals surface area contributed by atoms with Crippen molar-refractivity contribution in [2.24, 2.45) is 0 Å². The van der Waals surface area contributed by atoms with Crippen LogP contribution in [0.25, 0.3) is 11.0 Å². The van der Waals surface area contributed by atoms with Crippen molar-refractivity contribution >= 4 is 11.0 Å². The Balaban J connectivity index is 1.49. The molecule has 0 amide bonds. The molecular weight excluding hydrogens is 352 g/mol. The molecule has 0 saturated carbocycles. The van der Waals surface area contributed by atoms with E-state index in [0.717, 1.165) is 28.4 Å². The number of hydrogen-bond acceptors (Lipinski definition) is 4. The maximum absolute atomic E-state index is 10.5. The third-order valence-electron chi connectivity index (χ3n) is 4.42. The van der Waals surface area contributed by atoms with Gasteiger partial charge in [0.15, 0.2) is 0 Å². The van der Waals surface area contributed by atoms with Crippen molar-refractivity contribution in [3.8, 4) is 11.5 Å². The highest BCUT2D eigenvalue weighted by molar-refractivity contribution is 5.75. The Morgan fingerprint density at radius 1 is 0.786 bits per heavy atom. The summed E-state index contributed by atoms with van der Waals surface area (Å²) in [5.41, 5.74) is 1.85. The molecule has 0 saturated heterocycles. The lowest BCUT2D eigenvalue weighted by atomic mass is 10.3. The zero-order chi connectivity index (χ0) is 19.2. The number of fused-ring (bicyclic) bond motifs is 1. The van der Waals surface area contributed by atoms with Gasteiger partial charge in [-0.1, -0.05) is 48.5 Å². The average molecular weight is 374 g/mol. The van der Waals surface area contributed by atoms with Crippen molar-refractivity contribution in [2.75, 3.05) is 6.61 Å². The summed E-state index contributed by atoms with van der Waals surface area (Å²) in [5.74, 6) is 2.29. The molecule has 1 unspecified atom stereocenters. The van der Waals surface area contributed by atoms with Gasteiger partial charge in [-0.25, -0.2) is 4.98 Å². The van der Waals surface area contributed by atoms with Gasteiger partial charge < -0.3 is 19.1 Å². The number of nitrogens with zero attached hydrogens (tertiary/aromatic N) is 2. The molecule has 4 aromatic rings. The van der Waals surface area contributed by atoms with Crippen LogP contribution in [0.1, 0.15) is 5.82 Å². The number of benzene rings is 3. The van der Waals surface area contributed by atoms with Crippen LogP contribution in [0.3, 0.4) is 0 Å². The highest BCUT2D eigenvalue weighted by atomic mass is 16.5. The number of rotatable bonds is 8. The molecule has 5 nitrogen and oxygen atoms in total. The smallest absolute Gasteiger partial charge is 0.148 e.